The van der Waals surface area contributed by atoms with Crippen molar-refractivity contribution in [2.24, 2.45) is 7.05 Å². The van der Waals surface area contributed by atoms with Crippen molar-refractivity contribution >= 4 is 29.3 Å². The van der Waals surface area contributed by atoms with Crippen molar-refractivity contribution in [1.29, 1.82) is 0 Å². The predicted molar refractivity (Wildman–Crippen MR) is 112 cm³/mol. The second-order valence-electron chi connectivity index (χ2n) is 7.09. The number of thioether (sulfide) groups is 1. The van der Waals surface area contributed by atoms with E-state index in [1.807, 2.05) is 0 Å². The number of likely N-dealkylation sites (tertiary alicyclic amines) is 1. The highest BCUT2D eigenvalue weighted by Gasteiger charge is 2.21. The number of carbonyl (C=O) groups is 2. The van der Waals surface area contributed by atoms with Gasteiger partial charge in [-0.1, -0.05) is 36.7 Å². The molecule has 2 heterocycles. The Bertz CT molecular complexity index is 986. The lowest BCUT2D eigenvalue weighted by Gasteiger charge is -2.21. The summed E-state index contributed by atoms with van der Waals surface area (Å²) < 4.78 is 26.8. The summed E-state index contributed by atoms with van der Waals surface area (Å²) >= 11 is 0.262. The average molecular weight is 435 g/mol. The second kappa shape index (κ2) is 9.88. The number of rotatable bonds is 5. The Kier molecular flexibility index (Phi) is 7.25. The van der Waals surface area contributed by atoms with Crippen molar-refractivity contribution in [1.82, 2.24) is 9.47 Å². The van der Waals surface area contributed by atoms with Gasteiger partial charge in [0.15, 0.2) is 0 Å². The van der Waals surface area contributed by atoms with Crippen LogP contribution >= 0.6 is 11.8 Å². The number of halogens is 2. The van der Waals surface area contributed by atoms with Gasteiger partial charge in [0.2, 0.25) is 0 Å². The number of hydrogen-bond acceptors (Lipinski definition) is 4. The molecule has 0 aliphatic carbocycles. The molecule has 9 heteroatoms. The molecule has 2 amide bonds. The lowest BCUT2D eigenvalue weighted by Crippen LogP contribution is -2.33. The molecule has 0 bridgehead atoms. The van der Waals surface area contributed by atoms with Gasteiger partial charge in [-0.15, -0.1) is 0 Å². The number of nitrogens with zero attached hydrogens (tertiary/aromatic N) is 2. The van der Waals surface area contributed by atoms with Gasteiger partial charge in [-0.3, -0.25) is 14.4 Å². The Morgan fingerprint density at radius 3 is 2.43 bits per heavy atom. The Morgan fingerprint density at radius 2 is 1.77 bits per heavy atom. The summed E-state index contributed by atoms with van der Waals surface area (Å²) in [6.07, 6.45) is 5.47. The predicted octanol–water partition coefficient (Wildman–Crippen LogP) is 3.97. The third-order valence-corrected chi connectivity index (χ3v) is 5.71. The van der Waals surface area contributed by atoms with Crippen molar-refractivity contribution in [3.8, 4) is 0 Å². The van der Waals surface area contributed by atoms with E-state index in [0.29, 0.717) is 18.7 Å². The first kappa shape index (κ1) is 22.0. The van der Waals surface area contributed by atoms with Crippen LogP contribution in [-0.2, 0) is 7.05 Å². The Morgan fingerprint density at radius 1 is 1.10 bits per heavy atom. The van der Waals surface area contributed by atoms with Crippen LogP contribution in [0.4, 0.5) is 14.5 Å². The molecule has 3 rings (SSSR count). The minimum absolute atomic E-state index is 0.0362. The number of alkyl halides is 2. The van der Waals surface area contributed by atoms with Crippen LogP contribution in [-0.4, -0.2) is 40.1 Å². The molecule has 6 nitrogen and oxygen atoms in total. The molecule has 2 aromatic rings. The van der Waals surface area contributed by atoms with E-state index >= 15 is 0 Å². The number of aryl methyl sites for hydroxylation is 1. The zero-order chi connectivity index (χ0) is 21.7. The lowest BCUT2D eigenvalue weighted by molar-refractivity contribution is 0.0760. The molecule has 1 aromatic carbocycles. The van der Waals surface area contributed by atoms with E-state index < -0.39 is 17.2 Å². The van der Waals surface area contributed by atoms with Crippen molar-refractivity contribution in [3.05, 3.63) is 58.0 Å². The highest BCUT2D eigenvalue weighted by molar-refractivity contribution is 7.99. The number of nitrogens with one attached hydrogen (secondary N) is 1. The molecule has 0 radical (unpaired) electrons. The molecule has 0 saturated carbocycles. The van der Waals surface area contributed by atoms with Crippen molar-refractivity contribution in [2.75, 3.05) is 18.4 Å². The molecule has 0 atom stereocenters. The van der Waals surface area contributed by atoms with Gasteiger partial charge in [0.05, 0.1) is 11.1 Å². The number of anilines is 1. The fraction of sp³-hybridized carbons (Fsp3) is 0.381. The lowest BCUT2D eigenvalue weighted by atomic mass is 10.2. The number of pyridine rings is 1. The van der Waals surface area contributed by atoms with Crippen LogP contribution in [0.1, 0.15) is 46.4 Å². The highest BCUT2D eigenvalue weighted by Crippen LogP contribution is 2.28. The van der Waals surface area contributed by atoms with E-state index in [4.69, 9.17) is 0 Å². The SMILES string of the molecule is Cn1cc(C(=O)N2CCCCCC2)cc(NC(=O)c2ccccc2SC(F)F)c1=O. The Balaban J connectivity index is 1.87. The van der Waals surface area contributed by atoms with Crippen molar-refractivity contribution in [3.63, 3.8) is 0 Å². The van der Waals surface area contributed by atoms with Gasteiger partial charge in [0.1, 0.15) is 5.69 Å². The normalized spacial score (nSPS) is 14.5. The Hall–Kier alpha value is -2.68. The summed E-state index contributed by atoms with van der Waals surface area (Å²) in [6.45, 7) is 1.31. The molecular formula is C21H23F2N3O3S. The van der Waals surface area contributed by atoms with Crippen molar-refractivity contribution < 1.29 is 18.4 Å². The molecule has 1 aliphatic rings. The van der Waals surface area contributed by atoms with Gasteiger partial charge in [-0.2, -0.15) is 8.78 Å². The molecule has 0 unspecified atom stereocenters. The van der Waals surface area contributed by atoms with Gasteiger partial charge >= 0.3 is 0 Å². The van der Waals surface area contributed by atoms with Crippen LogP contribution in [0.15, 0.2) is 46.2 Å². The van der Waals surface area contributed by atoms with Crippen LogP contribution in [0, 0.1) is 0 Å². The van der Waals surface area contributed by atoms with Gasteiger partial charge in [0, 0.05) is 31.2 Å². The van der Waals surface area contributed by atoms with E-state index in [-0.39, 0.29) is 33.8 Å². The first-order chi connectivity index (χ1) is 14.4. The van der Waals surface area contributed by atoms with E-state index in [0.717, 1.165) is 25.7 Å². The number of carbonyl (C=O) groups excluding carboxylic acids is 2. The smallest absolute Gasteiger partial charge is 0.288 e. The van der Waals surface area contributed by atoms with Crippen LogP contribution in [0.2, 0.25) is 0 Å². The van der Waals surface area contributed by atoms with Gasteiger partial charge in [0.25, 0.3) is 23.1 Å². The molecule has 1 N–H and O–H groups in total. The molecule has 0 spiro atoms. The number of aromatic nitrogens is 1. The summed E-state index contributed by atoms with van der Waals surface area (Å²) in [5.74, 6) is -3.56. The first-order valence-electron chi connectivity index (χ1n) is 9.72. The second-order valence-corrected chi connectivity index (χ2v) is 8.13. The van der Waals surface area contributed by atoms with E-state index in [1.54, 1.807) is 17.0 Å². The topological polar surface area (TPSA) is 71.4 Å². The molecule has 30 heavy (non-hydrogen) atoms. The quantitative estimate of drug-likeness (QED) is 0.722. The zero-order valence-electron chi connectivity index (χ0n) is 16.6. The maximum Gasteiger partial charge on any atom is 0.288 e. The first-order valence-corrected chi connectivity index (χ1v) is 10.6. The fourth-order valence-corrected chi connectivity index (χ4v) is 4.05. The highest BCUT2D eigenvalue weighted by atomic mass is 32.2. The molecule has 1 fully saturated rings. The largest absolute Gasteiger partial charge is 0.339 e. The fourth-order valence-electron chi connectivity index (χ4n) is 3.42. The number of hydrogen-bond donors (Lipinski definition) is 1. The van der Waals surface area contributed by atoms with Crippen LogP contribution in [0.3, 0.4) is 0 Å². The van der Waals surface area contributed by atoms with Crippen LogP contribution in [0.5, 0.6) is 0 Å². The summed E-state index contributed by atoms with van der Waals surface area (Å²) in [4.78, 5) is 40.0. The minimum atomic E-state index is -2.68. The maximum absolute atomic E-state index is 12.9. The summed E-state index contributed by atoms with van der Waals surface area (Å²) in [6, 6.07) is 7.30. The summed E-state index contributed by atoms with van der Waals surface area (Å²) in [7, 11) is 1.50. The maximum atomic E-state index is 12.9. The standard InChI is InChI=1S/C21H23F2N3O3S/c1-25-13-14(19(28)26-10-6-2-3-7-11-26)12-16(20(25)29)24-18(27)15-8-4-5-9-17(15)30-21(22)23/h4-5,8-9,12-13,21H,2-3,6-7,10-11H2,1H3,(H,24,27). The minimum Gasteiger partial charge on any atom is -0.339 e. The molecule has 1 aromatic heterocycles. The van der Waals surface area contributed by atoms with Crippen LogP contribution in [0.25, 0.3) is 0 Å². The van der Waals surface area contributed by atoms with Gasteiger partial charge in [-0.25, -0.2) is 0 Å². The number of benzene rings is 1. The van der Waals surface area contributed by atoms with E-state index in [2.05, 4.69) is 5.32 Å². The van der Waals surface area contributed by atoms with Gasteiger partial charge < -0.3 is 14.8 Å². The average Bonchev–Trinajstić information content (AvgIpc) is 3.00. The molecular weight excluding hydrogens is 412 g/mol. The summed E-state index contributed by atoms with van der Waals surface area (Å²) in [5.41, 5.74) is -0.228. The van der Waals surface area contributed by atoms with Crippen molar-refractivity contribution in [2.45, 2.75) is 36.3 Å². The number of amides is 2. The van der Waals surface area contributed by atoms with E-state index in [1.165, 1.54) is 36.0 Å². The monoisotopic (exact) mass is 435 g/mol. The van der Waals surface area contributed by atoms with Crippen LogP contribution < -0.4 is 10.9 Å². The Labute approximate surface area is 177 Å². The van der Waals surface area contributed by atoms with Gasteiger partial charge in [-0.05, 0) is 31.0 Å². The molecule has 1 aliphatic heterocycles. The third-order valence-electron chi connectivity index (χ3n) is 4.92. The molecule has 1 saturated heterocycles. The zero-order valence-corrected chi connectivity index (χ0v) is 17.4. The summed E-state index contributed by atoms with van der Waals surface area (Å²) in [5, 5.41) is 2.49. The van der Waals surface area contributed by atoms with E-state index in [9.17, 15) is 23.2 Å². The third kappa shape index (κ3) is 5.27. The molecule has 160 valence electrons.